The van der Waals surface area contributed by atoms with E-state index in [2.05, 4.69) is 5.10 Å². The van der Waals surface area contributed by atoms with Gasteiger partial charge in [-0.15, -0.1) is 11.8 Å². The van der Waals surface area contributed by atoms with Crippen molar-refractivity contribution in [3.8, 4) is 0 Å². The van der Waals surface area contributed by atoms with Crippen LogP contribution in [0.5, 0.6) is 0 Å². The number of carbonyl (C=O) groups is 1. The Bertz CT molecular complexity index is 312. The fraction of sp³-hybridized carbons (Fsp3) is 0.556. The topological polar surface area (TPSA) is 55.1 Å². The predicted octanol–water partition coefficient (Wildman–Crippen LogP) is 1.61. The Hall–Kier alpha value is -0.970. The summed E-state index contributed by atoms with van der Waals surface area (Å²) in [6, 6.07) is 0. The van der Waals surface area contributed by atoms with Crippen LogP contribution in [0.4, 0.5) is 0 Å². The van der Waals surface area contributed by atoms with Crippen LogP contribution in [-0.2, 0) is 17.1 Å². The molecule has 1 aromatic rings. The highest BCUT2D eigenvalue weighted by Crippen LogP contribution is 2.17. The fourth-order valence-corrected chi connectivity index (χ4v) is 1.68. The molecular weight excluding hydrogens is 200 g/mol. The van der Waals surface area contributed by atoms with Crippen LogP contribution in [0.25, 0.3) is 0 Å². The van der Waals surface area contributed by atoms with E-state index < -0.39 is 5.97 Å². The molecule has 0 radical (unpaired) electrons. The number of hydrogen-bond acceptors (Lipinski definition) is 3. The number of aliphatic carboxylic acids is 1. The second-order valence-corrected chi connectivity index (χ2v) is 4.32. The van der Waals surface area contributed by atoms with Gasteiger partial charge in [0.05, 0.1) is 11.4 Å². The number of aromatic nitrogens is 2. The summed E-state index contributed by atoms with van der Waals surface area (Å²) in [6.07, 6.45) is 3.73. The van der Waals surface area contributed by atoms with Crippen LogP contribution in [0.2, 0.25) is 0 Å². The summed E-state index contributed by atoms with van der Waals surface area (Å²) >= 11 is 1.41. The van der Waals surface area contributed by atoms with Crippen molar-refractivity contribution in [2.75, 3.05) is 0 Å². The van der Waals surface area contributed by atoms with Crippen LogP contribution in [0.15, 0.2) is 12.4 Å². The van der Waals surface area contributed by atoms with Gasteiger partial charge in [0.1, 0.15) is 0 Å². The molecule has 1 unspecified atom stereocenters. The Labute approximate surface area is 87.3 Å². The normalized spacial score (nSPS) is 12.7. The molecule has 0 bridgehead atoms. The van der Waals surface area contributed by atoms with E-state index in [-0.39, 0.29) is 5.25 Å². The Kier molecular flexibility index (Phi) is 4.00. The van der Waals surface area contributed by atoms with E-state index in [1.54, 1.807) is 13.1 Å². The minimum Gasteiger partial charge on any atom is -0.480 e. The number of aryl methyl sites for hydroxylation is 1. The average molecular weight is 214 g/mol. The SMILES string of the molecule is CCn1cc(CSC(C)C(=O)O)cn1. The molecule has 0 aliphatic heterocycles. The molecule has 0 aliphatic rings. The van der Waals surface area contributed by atoms with Crippen molar-refractivity contribution in [2.24, 2.45) is 0 Å². The lowest BCUT2D eigenvalue weighted by Gasteiger charge is -2.03. The first-order valence-corrected chi connectivity index (χ1v) is 5.54. The number of hydrogen-bond donors (Lipinski definition) is 1. The van der Waals surface area contributed by atoms with Gasteiger partial charge in [-0.2, -0.15) is 5.10 Å². The van der Waals surface area contributed by atoms with Crippen molar-refractivity contribution in [3.05, 3.63) is 18.0 Å². The summed E-state index contributed by atoms with van der Waals surface area (Å²) in [5.74, 6) is -0.0640. The highest BCUT2D eigenvalue weighted by atomic mass is 32.2. The Morgan fingerprint density at radius 1 is 1.79 bits per heavy atom. The van der Waals surface area contributed by atoms with Crippen LogP contribution in [0.1, 0.15) is 19.4 Å². The first-order valence-electron chi connectivity index (χ1n) is 4.49. The molecule has 0 spiro atoms. The van der Waals surface area contributed by atoms with Crippen molar-refractivity contribution in [2.45, 2.75) is 31.4 Å². The van der Waals surface area contributed by atoms with Crippen LogP contribution in [0, 0.1) is 0 Å². The quantitative estimate of drug-likeness (QED) is 0.809. The highest BCUT2D eigenvalue weighted by Gasteiger charge is 2.11. The third-order valence-corrected chi connectivity index (χ3v) is 3.06. The molecule has 0 aromatic carbocycles. The maximum absolute atomic E-state index is 10.5. The van der Waals surface area contributed by atoms with Crippen LogP contribution >= 0.6 is 11.8 Å². The standard InChI is InChI=1S/C9H14N2O2S/c1-3-11-5-8(4-10-11)6-14-7(2)9(12)13/h4-5,7H,3,6H2,1-2H3,(H,12,13). The van der Waals surface area contributed by atoms with Crippen LogP contribution in [-0.4, -0.2) is 26.1 Å². The van der Waals surface area contributed by atoms with Gasteiger partial charge in [0, 0.05) is 18.5 Å². The molecule has 0 fully saturated rings. The van der Waals surface area contributed by atoms with E-state index in [0.29, 0.717) is 5.75 Å². The van der Waals surface area contributed by atoms with Gasteiger partial charge in [0.15, 0.2) is 0 Å². The number of nitrogens with zero attached hydrogens (tertiary/aromatic N) is 2. The number of carboxylic acid groups (broad SMARTS) is 1. The minimum absolute atomic E-state index is 0.361. The molecule has 4 nitrogen and oxygen atoms in total. The van der Waals surface area contributed by atoms with Gasteiger partial charge in [-0.1, -0.05) is 0 Å². The maximum Gasteiger partial charge on any atom is 0.316 e. The molecule has 0 saturated carbocycles. The molecule has 78 valence electrons. The zero-order chi connectivity index (χ0) is 10.6. The third-order valence-electron chi connectivity index (χ3n) is 1.86. The lowest BCUT2D eigenvalue weighted by molar-refractivity contribution is -0.136. The van der Waals surface area contributed by atoms with Crippen LogP contribution in [0.3, 0.4) is 0 Å². The van der Waals surface area contributed by atoms with Crippen molar-refractivity contribution in [1.82, 2.24) is 9.78 Å². The number of carboxylic acids is 1. The van der Waals surface area contributed by atoms with E-state index in [1.807, 2.05) is 17.8 Å². The van der Waals surface area contributed by atoms with Gasteiger partial charge >= 0.3 is 5.97 Å². The van der Waals surface area contributed by atoms with Crippen molar-refractivity contribution < 1.29 is 9.90 Å². The van der Waals surface area contributed by atoms with E-state index in [0.717, 1.165) is 12.1 Å². The molecule has 1 heterocycles. The van der Waals surface area contributed by atoms with E-state index >= 15 is 0 Å². The molecule has 14 heavy (non-hydrogen) atoms. The summed E-state index contributed by atoms with van der Waals surface area (Å²) in [5, 5.41) is 12.4. The molecule has 0 saturated heterocycles. The summed E-state index contributed by atoms with van der Waals surface area (Å²) in [7, 11) is 0. The van der Waals surface area contributed by atoms with E-state index in [4.69, 9.17) is 5.11 Å². The lowest BCUT2D eigenvalue weighted by atomic mass is 10.4. The van der Waals surface area contributed by atoms with Crippen molar-refractivity contribution in [1.29, 1.82) is 0 Å². The molecule has 0 aliphatic carbocycles. The smallest absolute Gasteiger partial charge is 0.316 e. The molecule has 1 atom stereocenters. The molecule has 0 amide bonds. The average Bonchev–Trinajstić information content (AvgIpc) is 2.61. The minimum atomic E-state index is -0.766. The van der Waals surface area contributed by atoms with E-state index in [9.17, 15) is 4.79 Å². The van der Waals surface area contributed by atoms with Crippen molar-refractivity contribution >= 4 is 17.7 Å². The van der Waals surface area contributed by atoms with Crippen LogP contribution < -0.4 is 0 Å². The summed E-state index contributed by atoms with van der Waals surface area (Å²) in [4.78, 5) is 10.5. The van der Waals surface area contributed by atoms with Gasteiger partial charge in [-0.25, -0.2) is 0 Å². The Morgan fingerprint density at radius 2 is 2.50 bits per heavy atom. The molecule has 1 N–H and O–H groups in total. The summed E-state index contributed by atoms with van der Waals surface area (Å²) in [6.45, 7) is 4.56. The number of thioether (sulfide) groups is 1. The molecule has 5 heteroatoms. The zero-order valence-corrected chi connectivity index (χ0v) is 9.12. The Balaban J connectivity index is 2.41. The summed E-state index contributed by atoms with van der Waals surface area (Å²) < 4.78 is 1.83. The van der Waals surface area contributed by atoms with E-state index in [1.165, 1.54) is 11.8 Å². The third kappa shape index (κ3) is 3.06. The van der Waals surface area contributed by atoms with Gasteiger partial charge in [-0.3, -0.25) is 9.48 Å². The fourth-order valence-electron chi connectivity index (χ4n) is 0.946. The lowest BCUT2D eigenvalue weighted by Crippen LogP contribution is -2.11. The number of rotatable bonds is 5. The Morgan fingerprint density at radius 3 is 3.00 bits per heavy atom. The summed E-state index contributed by atoms with van der Waals surface area (Å²) in [5.41, 5.74) is 1.07. The zero-order valence-electron chi connectivity index (χ0n) is 8.30. The maximum atomic E-state index is 10.5. The van der Waals surface area contributed by atoms with Gasteiger partial charge < -0.3 is 5.11 Å². The van der Waals surface area contributed by atoms with Gasteiger partial charge in [-0.05, 0) is 19.4 Å². The molecule has 1 aromatic heterocycles. The second kappa shape index (κ2) is 5.05. The highest BCUT2D eigenvalue weighted by molar-refractivity contribution is 7.99. The molecular formula is C9H14N2O2S. The predicted molar refractivity (Wildman–Crippen MR) is 56.3 cm³/mol. The largest absolute Gasteiger partial charge is 0.480 e. The van der Waals surface area contributed by atoms with Gasteiger partial charge in [0.25, 0.3) is 0 Å². The molecule has 1 rings (SSSR count). The van der Waals surface area contributed by atoms with Crippen molar-refractivity contribution in [3.63, 3.8) is 0 Å². The first kappa shape index (κ1) is 11.1. The second-order valence-electron chi connectivity index (χ2n) is 3.00. The monoisotopic (exact) mass is 214 g/mol. The first-order chi connectivity index (χ1) is 6.63. The van der Waals surface area contributed by atoms with Gasteiger partial charge in [0.2, 0.25) is 0 Å².